The smallest absolute Gasteiger partial charge is 0.379 e. The van der Waals surface area contributed by atoms with Gasteiger partial charge in [0.2, 0.25) is 0 Å². The van der Waals surface area contributed by atoms with Gasteiger partial charge in [-0.3, -0.25) is 0 Å². The van der Waals surface area contributed by atoms with Crippen LogP contribution < -0.4 is 5.23 Å². The van der Waals surface area contributed by atoms with Crippen molar-refractivity contribution in [2.45, 2.75) is 26.6 Å². The van der Waals surface area contributed by atoms with E-state index < -0.39 is 0 Å². The Morgan fingerprint density at radius 2 is 2.40 bits per heavy atom. The van der Waals surface area contributed by atoms with E-state index in [1.807, 2.05) is 0 Å². The third-order valence-corrected chi connectivity index (χ3v) is 1.70. The highest BCUT2D eigenvalue weighted by Crippen LogP contribution is 2.06. The standard InChI is InChI=1S/C7H16BNO/c1-7(2)6-8-9-4-3-5-10-8/h7,9H,3-6H2,1-2H3. The highest BCUT2D eigenvalue weighted by molar-refractivity contribution is 6.49. The van der Waals surface area contributed by atoms with Gasteiger partial charge < -0.3 is 9.88 Å². The molecular weight excluding hydrogens is 125 g/mol. The number of hydrogen-bond acceptors (Lipinski definition) is 2. The molecule has 10 heavy (non-hydrogen) atoms. The van der Waals surface area contributed by atoms with E-state index in [2.05, 4.69) is 19.1 Å². The van der Waals surface area contributed by atoms with Crippen molar-refractivity contribution in [1.82, 2.24) is 5.23 Å². The molecule has 1 fully saturated rings. The number of rotatable bonds is 2. The van der Waals surface area contributed by atoms with Gasteiger partial charge in [0.05, 0.1) is 0 Å². The van der Waals surface area contributed by atoms with Crippen LogP contribution in [0.2, 0.25) is 6.32 Å². The lowest BCUT2D eigenvalue weighted by Crippen LogP contribution is -2.43. The van der Waals surface area contributed by atoms with Crippen LogP contribution in [0.25, 0.3) is 0 Å². The van der Waals surface area contributed by atoms with Crippen LogP contribution >= 0.6 is 0 Å². The SMILES string of the molecule is CC(C)CB1NCCCO1. The first-order valence-electron chi connectivity index (χ1n) is 4.14. The summed E-state index contributed by atoms with van der Waals surface area (Å²) in [6, 6.07) is 0. The third kappa shape index (κ3) is 2.71. The van der Waals surface area contributed by atoms with Gasteiger partial charge >= 0.3 is 7.05 Å². The summed E-state index contributed by atoms with van der Waals surface area (Å²) >= 11 is 0. The van der Waals surface area contributed by atoms with Gasteiger partial charge in [-0.05, 0) is 25.2 Å². The first-order valence-corrected chi connectivity index (χ1v) is 4.14. The van der Waals surface area contributed by atoms with Gasteiger partial charge in [0, 0.05) is 6.61 Å². The van der Waals surface area contributed by atoms with Crippen molar-refractivity contribution < 1.29 is 4.65 Å². The molecule has 1 aliphatic heterocycles. The second-order valence-electron chi connectivity index (χ2n) is 3.30. The fourth-order valence-corrected chi connectivity index (χ4v) is 1.20. The summed E-state index contributed by atoms with van der Waals surface area (Å²) in [5, 5.41) is 3.33. The van der Waals surface area contributed by atoms with Gasteiger partial charge in [-0.25, -0.2) is 0 Å². The van der Waals surface area contributed by atoms with Crippen molar-refractivity contribution in [3.8, 4) is 0 Å². The summed E-state index contributed by atoms with van der Waals surface area (Å²) in [7, 11) is 0.328. The predicted molar refractivity (Wildman–Crippen MR) is 44.0 cm³/mol. The zero-order valence-electron chi connectivity index (χ0n) is 6.89. The van der Waals surface area contributed by atoms with Crippen LogP contribution in [0.3, 0.4) is 0 Å². The lowest BCUT2D eigenvalue weighted by Gasteiger charge is -2.21. The first kappa shape index (κ1) is 8.09. The molecule has 1 saturated heterocycles. The van der Waals surface area contributed by atoms with Gasteiger partial charge in [-0.2, -0.15) is 0 Å². The Bertz CT molecular complexity index is 91.6. The fraction of sp³-hybridized carbons (Fsp3) is 1.00. The van der Waals surface area contributed by atoms with E-state index in [0.717, 1.165) is 31.8 Å². The molecule has 3 heteroatoms. The van der Waals surface area contributed by atoms with Crippen molar-refractivity contribution in [1.29, 1.82) is 0 Å². The van der Waals surface area contributed by atoms with Crippen molar-refractivity contribution in [3.05, 3.63) is 0 Å². The maximum absolute atomic E-state index is 5.48. The number of nitrogens with one attached hydrogen (secondary N) is 1. The van der Waals surface area contributed by atoms with Gasteiger partial charge in [0.1, 0.15) is 0 Å². The van der Waals surface area contributed by atoms with E-state index >= 15 is 0 Å². The molecule has 58 valence electrons. The van der Waals surface area contributed by atoms with Gasteiger partial charge in [-0.15, -0.1) is 0 Å². The Balaban J connectivity index is 2.13. The molecule has 0 aromatic heterocycles. The molecule has 1 heterocycles. The van der Waals surface area contributed by atoms with Gasteiger partial charge in [-0.1, -0.05) is 13.8 Å². The zero-order valence-corrected chi connectivity index (χ0v) is 6.89. The molecule has 1 rings (SSSR count). The van der Waals surface area contributed by atoms with E-state index in [1.54, 1.807) is 0 Å². The summed E-state index contributed by atoms with van der Waals surface area (Å²) in [5.41, 5.74) is 0. The van der Waals surface area contributed by atoms with E-state index in [-0.39, 0.29) is 0 Å². The molecule has 0 aromatic carbocycles. The lowest BCUT2D eigenvalue weighted by atomic mass is 9.72. The molecule has 0 atom stereocenters. The van der Waals surface area contributed by atoms with Crippen LogP contribution in [-0.2, 0) is 4.65 Å². The quantitative estimate of drug-likeness (QED) is 0.582. The van der Waals surface area contributed by atoms with Crippen molar-refractivity contribution >= 4 is 7.05 Å². The van der Waals surface area contributed by atoms with E-state index in [9.17, 15) is 0 Å². The summed E-state index contributed by atoms with van der Waals surface area (Å²) in [4.78, 5) is 0. The molecule has 0 unspecified atom stereocenters. The van der Waals surface area contributed by atoms with Crippen molar-refractivity contribution in [2.24, 2.45) is 5.92 Å². The summed E-state index contributed by atoms with van der Waals surface area (Å²) < 4.78 is 5.48. The Kier molecular flexibility index (Phi) is 3.22. The van der Waals surface area contributed by atoms with Crippen LogP contribution in [0.15, 0.2) is 0 Å². The van der Waals surface area contributed by atoms with Gasteiger partial charge in [0.15, 0.2) is 0 Å². The molecule has 0 aromatic rings. The molecule has 0 bridgehead atoms. The fourth-order valence-electron chi connectivity index (χ4n) is 1.20. The average Bonchev–Trinajstić information content (AvgIpc) is 1.88. The minimum atomic E-state index is 0.328. The van der Waals surface area contributed by atoms with Crippen molar-refractivity contribution in [3.63, 3.8) is 0 Å². The highest BCUT2D eigenvalue weighted by Gasteiger charge is 2.19. The molecule has 1 N–H and O–H groups in total. The second-order valence-corrected chi connectivity index (χ2v) is 3.30. The summed E-state index contributed by atoms with van der Waals surface area (Å²) in [6.07, 6.45) is 2.30. The average molecular weight is 141 g/mol. The molecule has 0 aliphatic carbocycles. The van der Waals surface area contributed by atoms with E-state index in [4.69, 9.17) is 4.65 Å². The number of hydrogen-bond donors (Lipinski definition) is 1. The summed E-state index contributed by atoms with van der Waals surface area (Å²) in [5.74, 6) is 0.732. The minimum Gasteiger partial charge on any atom is -0.421 e. The predicted octanol–water partition coefficient (Wildman–Crippen LogP) is 1.14. The van der Waals surface area contributed by atoms with E-state index in [1.165, 1.54) is 0 Å². The normalized spacial score (nSPS) is 20.1. The first-order chi connectivity index (χ1) is 4.79. The van der Waals surface area contributed by atoms with E-state index in [0.29, 0.717) is 7.05 Å². The maximum Gasteiger partial charge on any atom is 0.379 e. The lowest BCUT2D eigenvalue weighted by molar-refractivity contribution is 0.275. The highest BCUT2D eigenvalue weighted by atomic mass is 16.4. The van der Waals surface area contributed by atoms with Crippen LogP contribution in [0.5, 0.6) is 0 Å². The molecule has 0 saturated carbocycles. The monoisotopic (exact) mass is 141 g/mol. The Morgan fingerprint density at radius 3 is 2.90 bits per heavy atom. The topological polar surface area (TPSA) is 21.3 Å². The largest absolute Gasteiger partial charge is 0.421 e. The van der Waals surface area contributed by atoms with Crippen LogP contribution in [0.1, 0.15) is 20.3 Å². The Hall–Kier alpha value is -0.0151. The third-order valence-electron chi connectivity index (χ3n) is 1.70. The maximum atomic E-state index is 5.48. The van der Waals surface area contributed by atoms with Gasteiger partial charge in [0.25, 0.3) is 0 Å². The molecule has 0 radical (unpaired) electrons. The molecule has 0 amide bonds. The summed E-state index contributed by atoms with van der Waals surface area (Å²) in [6.45, 7) is 6.50. The van der Waals surface area contributed by atoms with Crippen LogP contribution in [0.4, 0.5) is 0 Å². The zero-order chi connectivity index (χ0) is 7.40. The molecule has 1 aliphatic rings. The Morgan fingerprint density at radius 1 is 1.60 bits per heavy atom. The Labute approximate surface area is 63.5 Å². The molecule has 0 spiro atoms. The van der Waals surface area contributed by atoms with Crippen LogP contribution in [0, 0.1) is 5.92 Å². The minimum absolute atomic E-state index is 0.328. The second kappa shape index (κ2) is 3.99. The molecular formula is C7H16BNO. The van der Waals surface area contributed by atoms with Crippen molar-refractivity contribution in [2.75, 3.05) is 13.2 Å². The molecule has 2 nitrogen and oxygen atoms in total. The van der Waals surface area contributed by atoms with Crippen LogP contribution in [-0.4, -0.2) is 20.2 Å².